The van der Waals surface area contributed by atoms with Crippen molar-refractivity contribution >= 4 is 73.9 Å². The van der Waals surface area contributed by atoms with Crippen LogP contribution in [-0.4, -0.2) is 43.8 Å². The van der Waals surface area contributed by atoms with E-state index in [-0.39, 0.29) is 45.5 Å². The third-order valence-electron chi connectivity index (χ3n) is 8.15. The van der Waals surface area contributed by atoms with Crippen LogP contribution in [0, 0.1) is 0 Å². The zero-order chi connectivity index (χ0) is 33.6. The van der Waals surface area contributed by atoms with Gasteiger partial charge in [0.15, 0.2) is 0 Å². The highest BCUT2D eigenvalue weighted by Crippen LogP contribution is 2.34. The number of nitrogens with one attached hydrogen (secondary N) is 1. The van der Waals surface area contributed by atoms with Crippen LogP contribution in [0.2, 0.25) is 20.1 Å². The number of anilines is 1. The molecule has 2 amide bonds. The molecule has 4 aromatic carbocycles. The van der Waals surface area contributed by atoms with Crippen molar-refractivity contribution in [2.75, 3.05) is 10.8 Å². The van der Waals surface area contributed by atoms with Crippen LogP contribution in [0.15, 0.2) is 102 Å². The van der Waals surface area contributed by atoms with Gasteiger partial charge in [0.05, 0.1) is 15.6 Å². The summed E-state index contributed by atoms with van der Waals surface area (Å²) in [6, 6.07) is 25.3. The third kappa shape index (κ3) is 8.61. The highest BCUT2D eigenvalue weighted by atomic mass is 35.5. The van der Waals surface area contributed by atoms with Gasteiger partial charge in [0.1, 0.15) is 12.6 Å². The summed E-state index contributed by atoms with van der Waals surface area (Å²) in [5, 5.41) is 4.04. The molecule has 0 saturated heterocycles. The third-order valence-corrected chi connectivity index (χ3v) is 11.2. The second-order valence-electron chi connectivity index (χ2n) is 11.3. The smallest absolute Gasteiger partial charge is 0.264 e. The molecule has 0 heterocycles. The van der Waals surface area contributed by atoms with E-state index in [0.29, 0.717) is 15.6 Å². The molecule has 12 heteroatoms. The van der Waals surface area contributed by atoms with Gasteiger partial charge in [-0.25, -0.2) is 8.42 Å². The molecule has 1 aliphatic carbocycles. The van der Waals surface area contributed by atoms with Gasteiger partial charge in [-0.15, -0.1) is 0 Å². The van der Waals surface area contributed by atoms with E-state index in [2.05, 4.69) is 5.32 Å². The van der Waals surface area contributed by atoms with Crippen LogP contribution in [-0.2, 0) is 32.6 Å². The van der Waals surface area contributed by atoms with E-state index in [1.54, 1.807) is 36.4 Å². The molecule has 0 spiro atoms. The Morgan fingerprint density at radius 2 is 1.40 bits per heavy atom. The van der Waals surface area contributed by atoms with Crippen molar-refractivity contribution in [3.8, 4) is 0 Å². The molecule has 0 aliphatic heterocycles. The standard InChI is InChI=1S/C35H33Cl4N3O4S/c36-25-18-19-31(39)32(21-25)42(47(45,46)27-14-5-2-6-15-27)23-34(43)41(22-28-29(37)16-9-17-30(28)38)33(20-24-10-3-1-4-11-24)35(44)40-26-12-7-8-13-26/h1-6,9-11,14-19,21,26,33H,7-8,12-13,20,22-23H2,(H,40,44)/t33-/m0/s1. The van der Waals surface area contributed by atoms with Gasteiger partial charge in [0, 0.05) is 39.6 Å². The Labute approximate surface area is 295 Å². The number of hydrogen-bond donors (Lipinski definition) is 1. The van der Waals surface area contributed by atoms with Gasteiger partial charge >= 0.3 is 0 Å². The Kier molecular flexibility index (Phi) is 11.7. The van der Waals surface area contributed by atoms with Crippen molar-refractivity contribution in [2.45, 2.75) is 55.6 Å². The summed E-state index contributed by atoms with van der Waals surface area (Å²) in [5.41, 5.74) is 1.25. The average molecular weight is 734 g/mol. The van der Waals surface area contributed by atoms with Crippen LogP contribution in [0.4, 0.5) is 5.69 Å². The van der Waals surface area contributed by atoms with Gasteiger partial charge in [0.25, 0.3) is 10.0 Å². The Morgan fingerprint density at radius 1 is 0.787 bits per heavy atom. The van der Waals surface area contributed by atoms with Crippen molar-refractivity contribution in [1.29, 1.82) is 0 Å². The van der Waals surface area contributed by atoms with Gasteiger partial charge in [-0.2, -0.15) is 0 Å². The number of nitrogens with zero attached hydrogens (tertiary/aromatic N) is 2. The molecule has 1 fully saturated rings. The first-order valence-corrected chi connectivity index (χ1v) is 18.1. The summed E-state index contributed by atoms with van der Waals surface area (Å²) in [5.74, 6) is -1.02. The fourth-order valence-corrected chi connectivity index (χ4v) is 8.08. The van der Waals surface area contributed by atoms with Gasteiger partial charge in [-0.1, -0.05) is 114 Å². The highest BCUT2D eigenvalue weighted by molar-refractivity contribution is 7.92. The van der Waals surface area contributed by atoms with Crippen molar-refractivity contribution in [3.63, 3.8) is 0 Å². The molecule has 1 atom stereocenters. The molecule has 1 aliphatic rings. The van der Waals surface area contributed by atoms with Crippen LogP contribution in [0.3, 0.4) is 0 Å². The summed E-state index contributed by atoms with van der Waals surface area (Å²) >= 11 is 26.0. The molecule has 5 rings (SSSR count). The Balaban J connectivity index is 1.61. The van der Waals surface area contributed by atoms with Crippen LogP contribution in [0.5, 0.6) is 0 Å². The van der Waals surface area contributed by atoms with E-state index < -0.39 is 28.5 Å². The summed E-state index contributed by atoms with van der Waals surface area (Å²) in [6.07, 6.45) is 3.84. The minimum Gasteiger partial charge on any atom is -0.352 e. The second-order valence-corrected chi connectivity index (χ2v) is 14.9. The lowest BCUT2D eigenvalue weighted by Crippen LogP contribution is -2.54. The number of sulfonamides is 1. The van der Waals surface area contributed by atoms with E-state index in [1.165, 1.54) is 35.2 Å². The molecule has 7 nitrogen and oxygen atoms in total. The van der Waals surface area contributed by atoms with E-state index in [0.717, 1.165) is 35.6 Å². The molecule has 1 N–H and O–H groups in total. The van der Waals surface area contributed by atoms with Gasteiger partial charge in [-0.05, 0) is 60.9 Å². The summed E-state index contributed by atoms with van der Waals surface area (Å²) in [7, 11) is -4.34. The van der Waals surface area contributed by atoms with Crippen LogP contribution < -0.4 is 9.62 Å². The lowest BCUT2D eigenvalue weighted by Gasteiger charge is -2.35. The van der Waals surface area contributed by atoms with Crippen LogP contribution >= 0.6 is 46.4 Å². The Morgan fingerprint density at radius 3 is 2.04 bits per heavy atom. The zero-order valence-electron chi connectivity index (χ0n) is 25.3. The largest absolute Gasteiger partial charge is 0.352 e. The van der Waals surface area contributed by atoms with E-state index in [9.17, 15) is 18.0 Å². The number of carbonyl (C=O) groups is 2. The van der Waals surface area contributed by atoms with Gasteiger partial charge < -0.3 is 10.2 Å². The minimum atomic E-state index is -4.34. The number of benzene rings is 4. The van der Waals surface area contributed by atoms with Gasteiger partial charge in [-0.3, -0.25) is 13.9 Å². The normalized spacial score (nSPS) is 14.0. The molecular formula is C35H33Cl4N3O4S. The first-order valence-electron chi connectivity index (χ1n) is 15.1. The van der Waals surface area contributed by atoms with Gasteiger partial charge in [0.2, 0.25) is 11.8 Å². The summed E-state index contributed by atoms with van der Waals surface area (Å²) in [6.45, 7) is -0.850. The number of carbonyl (C=O) groups excluding carboxylic acids is 2. The number of halogens is 4. The molecule has 1 saturated carbocycles. The molecule has 47 heavy (non-hydrogen) atoms. The Bertz CT molecular complexity index is 1800. The predicted molar refractivity (Wildman–Crippen MR) is 189 cm³/mol. The SMILES string of the molecule is O=C(NC1CCCC1)[C@H](Cc1ccccc1)N(Cc1c(Cl)cccc1Cl)C(=O)CN(c1cc(Cl)ccc1Cl)S(=O)(=O)c1ccccc1. The fourth-order valence-electron chi connectivity index (χ4n) is 5.69. The van der Waals surface area contributed by atoms with Crippen molar-refractivity contribution in [1.82, 2.24) is 10.2 Å². The van der Waals surface area contributed by atoms with E-state index in [4.69, 9.17) is 46.4 Å². The molecule has 0 bridgehead atoms. The zero-order valence-corrected chi connectivity index (χ0v) is 29.1. The minimum absolute atomic E-state index is 0.0158. The highest BCUT2D eigenvalue weighted by Gasteiger charge is 2.36. The molecule has 0 aromatic heterocycles. The molecule has 4 aromatic rings. The maximum atomic E-state index is 14.7. The summed E-state index contributed by atoms with van der Waals surface area (Å²) < 4.78 is 29.3. The molecule has 246 valence electrons. The van der Waals surface area contributed by atoms with Crippen LogP contribution in [0.1, 0.15) is 36.8 Å². The number of rotatable bonds is 12. The average Bonchev–Trinajstić information content (AvgIpc) is 3.57. The molecule has 0 unspecified atom stereocenters. The fraction of sp³-hybridized carbons (Fsp3) is 0.257. The predicted octanol–water partition coefficient (Wildman–Crippen LogP) is 8.19. The lowest BCUT2D eigenvalue weighted by molar-refractivity contribution is -0.140. The Hall–Kier alpha value is -3.27. The van der Waals surface area contributed by atoms with E-state index in [1.807, 2.05) is 30.3 Å². The maximum Gasteiger partial charge on any atom is 0.264 e. The van der Waals surface area contributed by atoms with Crippen molar-refractivity contribution < 1.29 is 18.0 Å². The quantitative estimate of drug-likeness (QED) is 0.159. The van der Waals surface area contributed by atoms with Crippen LogP contribution in [0.25, 0.3) is 0 Å². The molecule has 0 radical (unpaired) electrons. The second kappa shape index (κ2) is 15.8. The monoisotopic (exact) mass is 731 g/mol. The molecular weight excluding hydrogens is 700 g/mol. The summed E-state index contributed by atoms with van der Waals surface area (Å²) in [4.78, 5) is 30.1. The van der Waals surface area contributed by atoms with Crippen molar-refractivity contribution in [2.24, 2.45) is 0 Å². The van der Waals surface area contributed by atoms with E-state index >= 15 is 0 Å². The number of amides is 2. The first kappa shape index (κ1) is 35.0. The number of hydrogen-bond acceptors (Lipinski definition) is 4. The topological polar surface area (TPSA) is 86.8 Å². The van der Waals surface area contributed by atoms with Crippen molar-refractivity contribution in [3.05, 3.63) is 128 Å². The lowest BCUT2D eigenvalue weighted by atomic mass is 10.0. The first-order chi connectivity index (χ1) is 22.5. The maximum absolute atomic E-state index is 14.7.